The van der Waals surface area contributed by atoms with Crippen LogP contribution < -0.4 is 5.56 Å². The second-order valence-electron chi connectivity index (χ2n) is 4.14. The van der Waals surface area contributed by atoms with Gasteiger partial charge in [0.1, 0.15) is 0 Å². The van der Waals surface area contributed by atoms with Crippen molar-refractivity contribution >= 4 is 0 Å². The average molecular weight is 212 g/mol. The minimum Gasteiger partial charge on any atom is -0.268 e. The molecule has 0 radical (unpaired) electrons. The molecular formula is C13H12N2O. The number of H-pyrrole nitrogens is 1. The van der Waals surface area contributed by atoms with Crippen LogP contribution in [0.2, 0.25) is 0 Å². The number of nitrogens with one attached hydrogen (secondary N) is 1. The van der Waals surface area contributed by atoms with Gasteiger partial charge in [-0.1, -0.05) is 12.1 Å². The van der Waals surface area contributed by atoms with E-state index in [1.165, 1.54) is 30.0 Å². The molecule has 0 saturated carbocycles. The fourth-order valence-electron chi connectivity index (χ4n) is 2.24. The Balaban J connectivity index is 2.07. The summed E-state index contributed by atoms with van der Waals surface area (Å²) in [5, 5.41) is 6.50. The largest absolute Gasteiger partial charge is 0.268 e. The van der Waals surface area contributed by atoms with Crippen LogP contribution in [0, 0.1) is 0 Å². The number of benzene rings is 1. The van der Waals surface area contributed by atoms with Gasteiger partial charge in [0.25, 0.3) is 5.56 Å². The first-order chi connectivity index (χ1) is 7.83. The first-order valence-electron chi connectivity index (χ1n) is 5.51. The van der Waals surface area contributed by atoms with Crippen LogP contribution in [-0.4, -0.2) is 10.2 Å². The SMILES string of the molecule is O=c1ccc(-c2ccc3c(c2)CCC3)n[nH]1. The van der Waals surface area contributed by atoms with Gasteiger partial charge < -0.3 is 0 Å². The van der Waals surface area contributed by atoms with Gasteiger partial charge in [-0.2, -0.15) is 5.10 Å². The highest BCUT2D eigenvalue weighted by Gasteiger charge is 2.11. The number of hydrogen-bond acceptors (Lipinski definition) is 2. The Morgan fingerprint density at radius 2 is 1.94 bits per heavy atom. The summed E-state index contributed by atoms with van der Waals surface area (Å²) in [7, 11) is 0. The van der Waals surface area contributed by atoms with Crippen molar-refractivity contribution in [2.75, 3.05) is 0 Å². The second-order valence-corrected chi connectivity index (χ2v) is 4.14. The molecule has 0 bridgehead atoms. The van der Waals surface area contributed by atoms with Crippen molar-refractivity contribution in [2.24, 2.45) is 0 Å². The summed E-state index contributed by atoms with van der Waals surface area (Å²) in [5.74, 6) is 0. The predicted octanol–water partition coefficient (Wildman–Crippen LogP) is 1.93. The Kier molecular flexibility index (Phi) is 2.10. The summed E-state index contributed by atoms with van der Waals surface area (Å²) in [5.41, 5.74) is 4.62. The lowest BCUT2D eigenvalue weighted by molar-refractivity contribution is 0.912. The van der Waals surface area contributed by atoms with Crippen LogP contribution in [0.4, 0.5) is 0 Å². The van der Waals surface area contributed by atoms with Crippen LogP contribution in [-0.2, 0) is 12.8 Å². The van der Waals surface area contributed by atoms with Crippen LogP contribution >= 0.6 is 0 Å². The molecule has 80 valence electrons. The van der Waals surface area contributed by atoms with Gasteiger partial charge in [-0.15, -0.1) is 0 Å². The van der Waals surface area contributed by atoms with Gasteiger partial charge in [-0.3, -0.25) is 4.79 Å². The summed E-state index contributed by atoms with van der Waals surface area (Å²) >= 11 is 0. The third-order valence-corrected chi connectivity index (χ3v) is 3.07. The Morgan fingerprint density at radius 1 is 1.06 bits per heavy atom. The van der Waals surface area contributed by atoms with Crippen molar-refractivity contribution in [1.82, 2.24) is 10.2 Å². The smallest absolute Gasteiger partial charge is 0.264 e. The summed E-state index contributed by atoms with van der Waals surface area (Å²) < 4.78 is 0. The van der Waals surface area contributed by atoms with Crippen molar-refractivity contribution < 1.29 is 0 Å². The van der Waals surface area contributed by atoms with Crippen LogP contribution in [0.15, 0.2) is 35.1 Å². The third kappa shape index (κ3) is 1.54. The standard InChI is InChI=1S/C13H12N2O/c16-13-7-6-12(14-15-13)11-5-4-9-2-1-3-10(9)8-11/h4-8H,1-3H2,(H,15,16). The first-order valence-corrected chi connectivity index (χ1v) is 5.51. The van der Waals surface area contributed by atoms with Crippen LogP contribution in [0.3, 0.4) is 0 Å². The maximum absolute atomic E-state index is 10.9. The van der Waals surface area contributed by atoms with E-state index in [1.807, 2.05) is 0 Å². The predicted molar refractivity (Wildman–Crippen MR) is 62.3 cm³/mol. The highest BCUT2D eigenvalue weighted by atomic mass is 16.1. The zero-order chi connectivity index (χ0) is 11.0. The molecule has 3 rings (SSSR count). The minimum atomic E-state index is -0.162. The lowest BCUT2D eigenvalue weighted by Gasteiger charge is -2.03. The van der Waals surface area contributed by atoms with Crippen molar-refractivity contribution in [3.63, 3.8) is 0 Å². The molecule has 0 fully saturated rings. The van der Waals surface area contributed by atoms with Gasteiger partial charge in [0, 0.05) is 11.6 Å². The van der Waals surface area contributed by atoms with Crippen LogP contribution in [0.1, 0.15) is 17.5 Å². The van der Waals surface area contributed by atoms with Gasteiger partial charge in [0.15, 0.2) is 0 Å². The Morgan fingerprint density at radius 3 is 2.75 bits per heavy atom. The highest BCUT2D eigenvalue weighted by molar-refractivity contribution is 5.60. The molecule has 0 amide bonds. The average Bonchev–Trinajstić information content (AvgIpc) is 2.77. The summed E-state index contributed by atoms with van der Waals surface area (Å²) in [6, 6.07) is 9.70. The van der Waals surface area contributed by atoms with Gasteiger partial charge in [0.2, 0.25) is 0 Å². The second kappa shape index (κ2) is 3.59. The summed E-state index contributed by atoms with van der Waals surface area (Å²) in [6.45, 7) is 0. The number of nitrogens with zero attached hydrogens (tertiary/aromatic N) is 1. The molecule has 0 aliphatic heterocycles. The molecule has 1 aliphatic carbocycles. The molecule has 1 aliphatic rings. The minimum absolute atomic E-state index is 0.162. The Labute approximate surface area is 93.1 Å². The molecule has 0 saturated heterocycles. The van der Waals surface area contributed by atoms with Crippen molar-refractivity contribution in [2.45, 2.75) is 19.3 Å². The molecule has 0 unspecified atom stereocenters. The van der Waals surface area contributed by atoms with E-state index in [9.17, 15) is 4.79 Å². The maximum atomic E-state index is 10.9. The Hall–Kier alpha value is -1.90. The number of rotatable bonds is 1. The van der Waals surface area contributed by atoms with E-state index in [0.717, 1.165) is 17.7 Å². The van der Waals surface area contributed by atoms with Crippen molar-refractivity contribution in [3.05, 3.63) is 51.8 Å². The molecule has 1 aromatic carbocycles. The number of hydrogen-bond donors (Lipinski definition) is 1. The topological polar surface area (TPSA) is 45.8 Å². The van der Waals surface area contributed by atoms with E-state index in [-0.39, 0.29) is 5.56 Å². The lowest BCUT2D eigenvalue weighted by Crippen LogP contribution is -2.05. The van der Waals surface area contributed by atoms with Crippen molar-refractivity contribution in [3.8, 4) is 11.3 Å². The quantitative estimate of drug-likeness (QED) is 0.785. The van der Waals surface area contributed by atoms with E-state index in [1.54, 1.807) is 6.07 Å². The summed E-state index contributed by atoms with van der Waals surface area (Å²) in [6.07, 6.45) is 3.60. The van der Waals surface area contributed by atoms with Gasteiger partial charge in [0.05, 0.1) is 5.69 Å². The zero-order valence-corrected chi connectivity index (χ0v) is 8.86. The number of fused-ring (bicyclic) bond motifs is 1. The normalized spacial score (nSPS) is 13.8. The molecule has 1 heterocycles. The first kappa shape index (κ1) is 9.33. The van der Waals surface area contributed by atoms with Gasteiger partial charge >= 0.3 is 0 Å². The molecule has 3 nitrogen and oxygen atoms in total. The monoisotopic (exact) mass is 212 g/mol. The zero-order valence-electron chi connectivity index (χ0n) is 8.86. The number of aryl methyl sites for hydroxylation is 2. The molecule has 16 heavy (non-hydrogen) atoms. The number of aromatic nitrogens is 2. The molecule has 1 N–H and O–H groups in total. The van der Waals surface area contributed by atoms with Crippen molar-refractivity contribution in [1.29, 1.82) is 0 Å². The van der Waals surface area contributed by atoms with Gasteiger partial charge in [-0.25, -0.2) is 5.10 Å². The Bertz CT molecular complexity index is 566. The molecule has 0 spiro atoms. The maximum Gasteiger partial charge on any atom is 0.264 e. The molecule has 3 heteroatoms. The molecular weight excluding hydrogens is 200 g/mol. The van der Waals surface area contributed by atoms with E-state index >= 15 is 0 Å². The molecule has 0 atom stereocenters. The van der Waals surface area contributed by atoms with E-state index in [2.05, 4.69) is 28.4 Å². The lowest BCUT2D eigenvalue weighted by atomic mass is 10.0. The molecule has 1 aromatic heterocycles. The van der Waals surface area contributed by atoms with E-state index in [4.69, 9.17) is 0 Å². The highest BCUT2D eigenvalue weighted by Crippen LogP contribution is 2.26. The fourth-order valence-corrected chi connectivity index (χ4v) is 2.24. The van der Waals surface area contributed by atoms with E-state index < -0.39 is 0 Å². The number of aromatic amines is 1. The third-order valence-electron chi connectivity index (χ3n) is 3.07. The molecule has 2 aromatic rings. The summed E-state index contributed by atoms with van der Waals surface area (Å²) in [4.78, 5) is 10.9. The van der Waals surface area contributed by atoms with Crippen LogP contribution in [0.25, 0.3) is 11.3 Å². The fraction of sp³-hybridized carbons (Fsp3) is 0.231. The van der Waals surface area contributed by atoms with E-state index in [0.29, 0.717) is 0 Å². The van der Waals surface area contributed by atoms with Crippen LogP contribution in [0.5, 0.6) is 0 Å². The van der Waals surface area contributed by atoms with Gasteiger partial charge in [-0.05, 0) is 42.5 Å².